The van der Waals surface area contributed by atoms with Gasteiger partial charge in [0.2, 0.25) is 0 Å². The Kier molecular flexibility index (Phi) is 6.36. The topological polar surface area (TPSA) is 77.9 Å². The number of pyridine rings is 1. The third-order valence-corrected chi connectivity index (χ3v) is 2.42. The van der Waals surface area contributed by atoms with Gasteiger partial charge in [-0.1, -0.05) is 0 Å². The molecular formula is C14H18N2O4. The largest absolute Gasteiger partial charge is 0.465 e. The fraction of sp³-hybridized carbons (Fsp3) is 0.429. The first-order valence-electron chi connectivity index (χ1n) is 6.39. The molecule has 1 rings (SSSR count). The molecule has 0 spiro atoms. The summed E-state index contributed by atoms with van der Waals surface area (Å²) in [4.78, 5) is 31.7. The molecule has 0 aliphatic heterocycles. The van der Waals surface area contributed by atoms with Gasteiger partial charge < -0.3 is 9.47 Å². The minimum Gasteiger partial charge on any atom is -0.465 e. The number of hydrogen-bond donors (Lipinski definition) is 0. The molecule has 20 heavy (non-hydrogen) atoms. The first-order chi connectivity index (χ1) is 9.60. The molecule has 1 heterocycles. The van der Waals surface area contributed by atoms with E-state index in [1.165, 1.54) is 6.21 Å². The molecule has 0 radical (unpaired) electrons. The molecular weight excluding hydrogens is 260 g/mol. The maximum absolute atomic E-state index is 11.7. The van der Waals surface area contributed by atoms with Crippen molar-refractivity contribution in [1.82, 2.24) is 4.98 Å². The van der Waals surface area contributed by atoms with E-state index in [-0.39, 0.29) is 13.2 Å². The van der Waals surface area contributed by atoms with Crippen molar-refractivity contribution < 1.29 is 19.1 Å². The molecule has 0 aliphatic rings. The molecule has 1 aromatic heterocycles. The fourth-order valence-corrected chi connectivity index (χ4v) is 1.45. The zero-order chi connectivity index (χ0) is 15.0. The van der Waals surface area contributed by atoms with Gasteiger partial charge in [0.05, 0.1) is 24.6 Å². The molecule has 0 amide bonds. The number of nitrogens with zero attached hydrogens (tertiary/aromatic N) is 2. The standard InChI is InChI=1S/C14H18N2O4/c1-4-19-13(17)11(14(18)20-5-2)9-16-12-7-6-8-15-10(12)3/h6-9,11H,4-5H2,1-3H3. The molecule has 0 saturated carbocycles. The Morgan fingerprint density at radius 1 is 1.30 bits per heavy atom. The normalized spacial score (nSPS) is 10.8. The van der Waals surface area contributed by atoms with Crippen LogP contribution in [0.25, 0.3) is 0 Å². The van der Waals surface area contributed by atoms with Gasteiger partial charge in [0, 0.05) is 12.4 Å². The lowest BCUT2D eigenvalue weighted by Gasteiger charge is -2.10. The SMILES string of the molecule is CCOC(=O)C(C=Nc1cccnc1C)C(=O)OCC. The van der Waals surface area contributed by atoms with E-state index in [0.717, 1.165) is 0 Å². The number of hydrogen-bond acceptors (Lipinski definition) is 6. The minimum absolute atomic E-state index is 0.189. The lowest BCUT2D eigenvalue weighted by Crippen LogP contribution is -2.29. The Morgan fingerprint density at radius 3 is 2.40 bits per heavy atom. The van der Waals surface area contributed by atoms with Crippen molar-refractivity contribution in [2.45, 2.75) is 20.8 Å². The lowest BCUT2D eigenvalue weighted by molar-refractivity contribution is -0.157. The molecule has 6 nitrogen and oxygen atoms in total. The second kappa shape index (κ2) is 8.04. The van der Waals surface area contributed by atoms with Gasteiger partial charge in [0.1, 0.15) is 0 Å². The van der Waals surface area contributed by atoms with Crippen molar-refractivity contribution in [3.8, 4) is 0 Å². The number of carbonyl (C=O) groups is 2. The zero-order valence-corrected chi connectivity index (χ0v) is 11.8. The summed E-state index contributed by atoms with van der Waals surface area (Å²) in [7, 11) is 0. The van der Waals surface area contributed by atoms with Gasteiger partial charge in [-0.05, 0) is 32.9 Å². The molecule has 108 valence electrons. The van der Waals surface area contributed by atoms with E-state index in [1.807, 2.05) is 0 Å². The third-order valence-electron chi connectivity index (χ3n) is 2.42. The van der Waals surface area contributed by atoms with Crippen molar-refractivity contribution in [1.29, 1.82) is 0 Å². The predicted octanol–water partition coefficient (Wildman–Crippen LogP) is 1.83. The first kappa shape index (κ1) is 15.8. The van der Waals surface area contributed by atoms with Gasteiger partial charge in [-0.2, -0.15) is 0 Å². The highest BCUT2D eigenvalue weighted by Crippen LogP contribution is 2.15. The smallest absolute Gasteiger partial charge is 0.325 e. The Balaban J connectivity index is 2.91. The average molecular weight is 278 g/mol. The van der Waals surface area contributed by atoms with Crippen LogP contribution in [-0.4, -0.2) is 36.4 Å². The molecule has 0 saturated heterocycles. The highest BCUT2D eigenvalue weighted by Gasteiger charge is 2.27. The summed E-state index contributed by atoms with van der Waals surface area (Å²) in [5, 5.41) is 0. The molecule has 0 fully saturated rings. The summed E-state index contributed by atoms with van der Waals surface area (Å²) in [6, 6.07) is 3.47. The monoisotopic (exact) mass is 278 g/mol. The number of carbonyl (C=O) groups excluding carboxylic acids is 2. The maximum Gasteiger partial charge on any atom is 0.325 e. The zero-order valence-electron chi connectivity index (χ0n) is 11.8. The van der Waals surface area contributed by atoms with Crippen molar-refractivity contribution in [3.63, 3.8) is 0 Å². The number of aryl methyl sites for hydroxylation is 1. The summed E-state index contributed by atoms with van der Waals surface area (Å²) in [5.74, 6) is -2.50. The lowest BCUT2D eigenvalue weighted by atomic mass is 10.1. The molecule has 0 bridgehead atoms. The Bertz CT molecular complexity index is 482. The van der Waals surface area contributed by atoms with Crippen LogP contribution in [0.5, 0.6) is 0 Å². The van der Waals surface area contributed by atoms with Gasteiger partial charge in [-0.25, -0.2) is 0 Å². The van der Waals surface area contributed by atoms with Crippen LogP contribution in [0.15, 0.2) is 23.3 Å². The summed E-state index contributed by atoms with van der Waals surface area (Å²) in [6.45, 7) is 5.50. The molecule has 0 unspecified atom stereocenters. The van der Waals surface area contributed by atoms with E-state index in [0.29, 0.717) is 11.4 Å². The van der Waals surface area contributed by atoms with Crippen LogP contribution in [0.2, 0.25) is 0 Å². The van der Waals surface area contributed by atoms with E-state index < -0.39 is 17.9 Å². The van der Waals surface area contributed by atoms with Gasteiger partial charge >= 0.3 is 11.9 Å². The van der Waals surface area contributed by atoms with Crippen LogP contribution in [-0.2, 0) is 19.1 Å². The van der Waals surface area contributed by atoms with E-state index >= 15 is 0 Å². The molecule has 0 aliphatic carbocycles. The Labute approximate surface area is 117 Å². The van der Waals surface area contributed by atoms with E-state index in [4.69, 9.17) is 9.47 Å². The summed E-state index contributed by atoms with van der Waals surface area (Å²) in [6.07, 6.45) is 2.88. The summed E-state index contributed by atoms with van der Waals surface area (Å²) < 4.78 is 9.69. The van der Waals surface area contributed by atoms with Crippen LogP contribution >= 0.6 is 0 Å². The number of aliphatic imine (C=N–C) groups is 1. The molecule has 0 N–H and O–H groups in total. The van der Waals surface area contributed by atoms with Crippen LogP contribution in [0.3, 0.4) is 0 Å². The number of rotatable bonds is 6. The second-order valence-corrected chi connectivity index (χ2v) is 3.87. The second-order valence-electron chi connectivity index (χ2n) is 3.87. The highest BCUT2D eigenvalue weighted by molar-refractivity contribution is 6.09. The average Bonchev–Trinajstić information content (AvgIpc) is 2.41. The van der Waals surface area contributed by atoms with Gasteiger partial charge in [-0.3, -0.25) is 19.6 Å². The third kappa shape index (κ3) is 4.46. The van der Waals surface area contributed by atoms with Crippen LogP contribution < -0.4 is 0 Å². The number of esters is 2. The predicted molar refractivity (Wildman–Crippen MR) is 73.9 cm³/mol. The van der Waals surface area contributed by atoms with Crippen molar-refractivity contribution >= 4 is 23.8 Å². The van der Waals surface area contributed by atoms with Crippen LogP contribution in [0.4, 0.5) is 5.69 Å². The van der Waals surface area contributed by atoms with E-state index in [9.17, 15) is 9.59 Å². The molecule has 6 heteroatoms. The summed E-state index contributed by atoms with van der Waals surface area (Å²) >= 11 is 0. The van der Waals surface area contributed by atoms with E-state index in [1.54, 1.807) is 39.1 Å². The van der Waals surface area contributed by atoms with Crippen LogP contribution in [0.1, 0.15) is 19.5 Å². The Morgan fingerprint density at radius 2 is 1.90 bits per heavy atom. The van der Waals surface area contributed by atoms with Crippen molar-refractivity contribution in [2.24, 2.45) is 10.9 Å². The number of aromatic nitrogens is 1. The minimum atomic E-state index is -1.16. The molecule has 1 aromatic rings. The highest BCUT2D eigenvalue weighted by atomic mass is 16.6. The van der Waals surface area contributed by atoms with Crippen LogP contribution in [0, 0.1) is 12.8 Å². The molecule has 0 aromatic carbocycles. The van der Waals surface area contributed by atoms with E-state index in [2.05, 4.69) is 9.98 Å². The quantitative estimate of drug-likeness (QED) is 0.450. The molecule has 0 atom stereocenters. The first-order valence-corrected chi connectivity index (χ1v) is 6.39. The fourth-order valence-electron chi connectivity index (χ4n) is 1.45. The van der Waals surface area contributed by atoms with Gasteiger partial charge in [-0.15, -0.1) is 0 Å². The van der Waals surface area contributed by atoms with Gasteiger partial charge in [0.15, 0.2) is 5.92 Å². The maximum atomic E-state index is 11.7. The van der Waals surface area contributed by atoms with Crippen molar-refractivity contribution in [2.75, 3.05) is 13.2 Å². The number of ether oxygens (including phenoxy) is 2. The van der Waals surface area contributed by atoms with Crippen molar-refractivity contribution in [3.05, 3.63) is 24.0 Å². The summed E-state index contributed by atoms with van der Waals surface area (Å²) in [5.41, 5.74) is 1.29. The Hall–Kier alpha value is -2.24. The van der Waals surface area contributed by atoms with Gasteiger partial charge in [0.25, 0.3) is 0 Å².